The van der Waals surface area contributed by atoms with Crippen LogP contribution in [0.25, 0.3) is 11.5 Å². The summed E-state index contributed by atoms with van der Waals surface area (Å²) in [5.41, 5.74) is 0.789. The Morgan fingerprint density at radius 1 is 1.14 bits per heavy atom. The van der Waals surface area contributed by atoms with Gasteiger partial charge >= 0.3 is 0 Å². The monoisotopic (exact) mass is 417 g/mol. The lowest BCUT2D eigenvalue weighted by Gasteiger charge is -2.16. The lowest BCUT2D eigenvalue weighted by molar-refractivity contribution is 0.147. The summed E-state index contributed by atoms with van der Waals surface area (Å²) in [5, 5.41) is 8.26. The number of nitrogens with zero attached hydrogens (tertiary/aromatic N) is 3. The highest BCUT2D eigenvalue weighted by Crippen LogP contribution is 2.36. The average Bonchev–Trinajstić information content (AvgIpc) is 3.36. The van der Waals surface area contributed by atoms with Gasteiger partial charge in [0.2, 0.25) is 21.8 Å². The van der Waals surface area contributed by atoms with E-state index in [-0.39, 0.29) is 29.8 Å². The molecule has 0 unspecified atom stereocenters. The summed E-state index contributed by atoms with van der Waals surface area (Å²) in [4.78, 5) is -0.0789. The highest BCUT2D eigenvalue weighted by molar-refractivity contribution is 7.89. The lowest BCUT2D eigenvalue weighted by Crippen LogP contribution is -2.29. The molecule has 0 radical (unpaired) electrons. The largest absolute Gasteiger partial charge is 0.420 e. The van der Waals surface area contributed by atoms with Crippen molar-refractivity contribution in [1.29, 1.82) is 0 Å². The van der Waals surface area contributed by atoms with Crippen molar-refractivity contribution in [2.45, 2.75) is 10.8 Å². The van der Waals surface area contributed by atoms with E-state index < -0.39 is 15.8 Å². The van der Waals surface area contributed by atoms with Crippen LogP contribution in [0.1, 0.15) is 11.8 Å². The van der Waals surface area contributed by atoms with Gasteiger partial charge in [-0.3, -0.25) is 0 Å². The van der Waals surface area contributed by atoms with E-state index in [1.54, 1.807) is 7.11 Å². The fourth-order valence-corrected chi connectivity index (χ4v) is 5.10. The molecule has 2 aromatic carbocycles. The molecule has 29 heavy (non-hydrogen) atoms. The Labute approximate surface area is 168 Å². The zero-order chi connectivity index (χ0) is 20.4. The van der Waals surface area contributed by atoms with Crippen LogP contribution in [0.3, 0.4) is 0 Å². The van der Waals surface area contributed by atoms with Gasteiger partial charge in [-0.2, -0.15) is 4.31 Å². The summed E-state index contributed by atoms with van der Waals surface area (Å²) in [7, 11) is -2.29. The molecule has 2 atom stereocenters. The van der Waals surface area contributed by atoms with Gasteiger partial charge in [-0.15, -0.1) is 10.2 Å². The zero-order valence-electron chi connectivity index (χ0n) is 15.7. The summed E-state index contributed by atoms with van der Waals surface area (Å²) < 4.78 is 52.0. The first-order valence-electron chi connectivity index (χ1n) is 9.12. The number of aromatic nitrogens is 2. The van der Waals surface area contributed by atoms with Crippen molar-refractivity contribution in [3.8, 4) is 11.5 Å². The minimum Gasteiger partial charge on any atom is -0.420 e. The van der Waals surface area contributed by atoms with E-state index in [2.05, 4.69) is 10.2 Å². The molecule has 0 bridgehead atoms. The van der Waals surface area contributed by atoms with E-state index in [0.717, 1.165) is 11.6 Å². The second-order valence-electron chi connectivity index (χ2n) is 6.91. The van der Waals surface area contributed by atoms with Crippen molar-refractivity contribution in [1.82, 2.24) is 14.5 Å². The van der Waals surface area contributed by atoms with Crippen molar-refractivity contribution < 1.29 is 22.0 Å². The number of sulfonamides is 1. The molecule has 4 rings (SSSR count). The predicted octanol–water partition coefficient (Wildman–Crippen LogP) is 2.93. The summed E-state index contributed by atoms with van der Waals surface area (Å²) in [6.07, 6.45) is 0. The van der Waals surface area contributed by atoms with Crippen molar-refractivity contribution in [3.63, 3.8) is 0 Å². The minimum absolute atomic E-state index is 0.0789. The third-order valence-electron chi connectivity index (χ3n) is 5.00. The molecule has 3 aromatic rings. The molecule has 1 aromatic heterocycles. The van der Waals surface area contributed by atoms with Crippen LogP contribution in [-0.2, 0) is 14.8 Å². The first-order chi connectivity index (χ1) is 14.0. The van der Waals surface area contributed by atoms with Gasteiger partial charge in [0.15, 0.2) is 0 Å². The molecule has 0 amide bonds. The quantitative estimate of drug-likeness (QED) is 0.613. The Morgan fingerprint density at radius 2 is 1.93 bits per heavy atom. The first kappa shape index (κ1) is 19.7. The maximum absolute atomic E-state index is 13.6. The third kappa shape index (κ3) is 3.93. The fraction of sp³-hybridized carbons (Fsp3) is 0.300. The number of methoxy groups -OCH3 is 1. The standard InChI is InChI=1S/C20H20FN3O4S/c1-27-13-15-11-24(29(25,26)17-9-5-8-16(21)10-17)12-18(15)20-23-22-19(28-20)14-6-3-2-4-7-14/h2-10,15,18H,11-13H2,1H3/t15-,18+/m0/s1. The second-order valence-corrected chi connectivity index (χ2v) is 8.85. The minimum atomic E-state index is -3.85. The number of benzene rings is 2. The van der Waals surface area contributed by atoms with Crippen molar-refractivity contribution in [3.05, 3.63) is 66.3 Å². The Kier molecular flexibility index (Phi) is 5.44. The molecular weight excluding hydrogens is 397 g/mol. The number of hydrogen-bond donors (Lipinski definition) is 0. The Bertz CT molecular complexity index is 1090. The van der Waals surface area contributed by atoms with Crippen molar-refractivity contribution >= 4 is 10.0 Å². The summed E-state index contributed by atoms with van der Waals surface area (Å²) in [6, 6.07) is 14.4. The summed E-state index contributed by atoms with van der Waals surface area (Å²) in [5.74, 6) is -0.332. The molecule has 1 saturated heterocycles. The molecule has 1 aliphatic heterocycles. The van der Waals surface area contributed by atoms with Gasteiger partial charge in [-0.25, -0.2) is 12.8 Å². The topological polar surface area (TPSA) is 85.5 Å². The van der Waals surface area contributed by atoms with Crippen molar-refractivity contribution in [2.75, 3.05) is 26.8 Å². The van der Waals surface area contributed by atoms with Crippen LogP contribution in [0, 0.1) is 11.7 Å². The van der Waals surface area contributed by atoms with Gasteiger partial charge in [0.05, 0.1) is 17.4 Å². The molecular formula is C20H20FN3O4S. The van der Waals surface area contributed by atoms with Crippen LogP contribution in [0.15, 0.2) is 63.9 Å². The number of rotatable bonds is 6. The summed E-state index contributed by atoms with van der Waals surface area (Å²) in [6.45, 7) is 0.715. The predicted molar refractivity (Wildman–Crippen MR) is 103 cm³/mol. The van der Waals surface area contributed by atoms with E-state index >= 15 is 0 Å². The number of ether oxygens (including phenoxy) is 1. The third-order valence-corrected chi connectivity index (χ3v) is 6.83. The smallest absolute Gasteiger partial charge is 0.247 e. The molecule has 9 heteroatoms. The molecule has 0 N–H and O–H groups in total. The number of halogens is 1. The van der Waals surface area contributed by atoms with E-state index in [4.69, 9.17) is 9.15 Å². The molecule has 1 fully saturated rings. The lowest BCUT2D eigenvalue weighted by atomic mass is 9.97. The molecule has 0 aliphatic carbocycles. The molecule has 7 nitrogen and oxygen atoms in total. The number of hydrogen-bond acceptors (Lipinski definition) is 6. The van der Waals surface area contributed by atoms with E-state index in [0.29, 0.717) is 18.4 Å². The van der Waals surface area contributed by atoms with Gasteiger partial charge in [0, 0.05) is 31.7 Å². The van der Waals surface area contributed by atoms with E-state index in [1.165, 1.54) is 22.5 Å². The molecule has 1 aliphatic rings. The first-order valence-corrected chi connectivity index (χ1v) is 10.6. The fourth-order valence-electron chi connectivity index (χ4n) is 3.55. The zero-order valence-corrected chi connectivity index (χ0v) is 16.5. The average molecular weight is 417 g/mol. The van der Waals surface area contributed by atoms with Crippen molar-refractivity contribution in [2.24, 2.45) is 5.92 Å². The molecule has 0 saturated carbocycles. The Balaban J connectivity index is 1.62. The second kappa shape index (κ2) is 8.02. The van der Waals surface area contributed by atoms with Gasteiger partial charge in [0.1, 0.15) is 5.82 Å². The highest BCUT2D eigenvalue weighted by atomic mass is 32.2. The van der Waals surface area contributed by atoms with Crippen LogP contribution >= 0.6 is 0 Å². The van der Waals surface area contributed by atoms with E-state index in [1.807, 2.05) is 30.3 Å². The van der Waals surface area contributed by atoms with E-state index in [9.17, 15) is 12.8 Å². The van der Waals surface area contributed by atoms with Crippen LogP contribution in [0.4, 0.5) is 4.39 Å². The van der Waals surface area contributed by atoms with Crippen LogP contribution in [0.2, 0.25) is 0 Å². The van der Waals surface area contributed by atoms with Gasteiger partial charge in [-0.1, -0.05) is 24.3 Å². The summed E-state index contributed by atoms with van der Waals surface area (Å²) >= 11 is 0. The Morgan fingerprint density at radius 3 is 2.66 bits per heavy atom. The van der Waals surface area contributed by atoms with Crippen LogP contribution in [0.5, 0.6) is 0 Å². The Hall–Kier alpha value is -2.62. The normalized spacial score (nSPS) is 20.2. The highest BCUT2D eigenvalue weighted by Gasteiger charge is 2.42. The van der Waals surface area contributed by atoms with Crippen LogP contribution < -0.4 is 0 Å². The van der Waals surface area contributed by atoms with Gasteiger partial charge < -0.3 is 9.15 Å². The maximum Gasteiger partial charge on any atom is 0.247 e. The van der Waals surface area contributed by atoms with Gasteiger partial charge in [0.25, 0.3) is 0 Å². The maximum atomic E-state index is 13.6. The SMILES string of the molecule is COC[C@@H]1CN(S(=O)(=O)c2cccc(F)c2)C[C@H]1c1nnc(-c2ccccc2)o1. The molecule has 0 spiro atoms. The molecule has 2 heterocycles. The van der Waals surface area contributed by atoms with Gasteiger partial charge in [-0.05, 0) is 30.3 Å². The van der Waals surface area contributed by atoms with Crippen LogP contribution in [-0.4, -0.2) is 49.7 Å². The molecule has 152 valence electrons.